The highest BCUT2D eigenvalue weighted by Gasteiger charge is 2.24. The van der Waals surface area contributed by atoms with Gasteiger partial charge in [-0.1, -0.05) is 11.6 Å². The summed E-state index contributed by atoms with van der Waals surface area (Å²) in [6.45, 7) is 2.23. The van der Waals surface area contributed by atoms with E-state index in [-0.39, 0.29) is 12.0 Å². The Labute approximate surface area is 84.0 Å². The third-order valence-corrected chi connectivity index (χ3v) is 2.66. The summed E-state index contributed by atoms with van der Waals surface area (Å²) in [6.07, 6.45) is 4.09. The molecule has 0 radical (unpaired) electrons. The highest BCUT2D eigenvalue weighted by molar-refractivity contribution is 5.69. The first-order valence-corrected chi connectivity index (χ1v) is 5.24. The molecule has 0 spiro atoms. The molecular formula is C10H17NO3. The van der Waals surface area contributed by atoms with Crippen molar-refractivity contribution < 1.29 is 9.53 Å². The molecule has 0 N–H and O–H groups in total. The summed E-state index contributed by atoms with van der Waals surface area (Å²) in [5.41, 5.74) is 0. The Morgan fingerprint density at radius 2 is 2.29 bits per heavy atom. The molecule has 2 atom stereocenters. The van der Waals surface area contributed by atoms with E-state index in [1.165, 1.54) is 0 Å². The van der Waals surface area contributed by atoms with Crippen molar-refractivity contribution in [1.82, 2.24) is 0 Å². The fourth-order valence-corrected chi connectivity index (χ4v) is 2.00. The van der Waals surface area contributed by atoms with Crippen LogP contribution in [-0.4, -0.2) is 18.6 Å². The van der Waals surface area contributed by atoms with Crippen LogP contribution in [0.5, 0.6) is 0 Å². The van der Waals surface area contributed by atoms with Crippen LogP contribution in [-0.2, 0) is 9.53 Å². The molecule has 1 aliphatic rings. The van der Waals surface area contributed by atoms with Crippen LogP contribution in [0.2, 0.25) is 0 Å². The van der Waals surface area contributed by atoms with Crippen molar-refractivity contribution in [2.24, 2.45) is 11.1 Å². The van der Waals surface area contributed by atoms with Crippen molar-refractivity contribution in [2.75, 3.05) is 6.61 Å². The predicted octanol–water partition coefficient (Wildman–Crippen LogP) is 2.26. The molecule has 4 nitrogen and oxygen atoms in total. The van der Waals surface area contributed by atoms with E-state index in [4.69, 9.17) is 4.74 Å². The minimum Gasteiger partial charge on any atom is -0.466 e. The van der Waals surface area contributed by atoms with E-state index < -0.39 is 0 Å². The third-order valence-electron chi connectivity index (χ3n) is 2.66. The standard InChI is InChI=1S/C10H17NO3/c1-2-14-10(12)7-8-4-3-5-9(6-8)11-13/h8-9H,2-7H2,1H3. The number of nitrogens with zero attached hydrogens (tertiary/aromatic N) is 1. The number of ether oxygens (including phenoxy) is 1. The quantitative estimate of drug-likeness (QED) is 0.515. The molecule has 4 heteroatoms. The minimum atomic E-state index is -0.149. The number of rotatable bonds is 4. The Bertz CT molecular complexity index is 206. The summed E-state index contributed by atoms with van der Waals surface area (Å²) < 4.78 is 4.87. The number of nitroso groups, excluding NO2 is 1. The summed E-state index contributed by atoms with van der Waals surface area (Å²) >= 11 is 0. The molecule has 1 rings (SSSR count). The Morgan fingerprint density at radius 3 is 2.93 bits per heavy atom. The molecule has 0 aliphatic heterocycles. The number of esters is 1. The summed E-state index contributed by atoms with van der Waals surface area (Å²) in [6, 6.07) is -0.0804. The van der Waals surface area contributed by atoms with Gasteiger partial charge in [0, 0.05) is 6.42 Å². The van der Waals surface area contributed by atoms with Gasteiger partial charge < -0.3 is 4.74 Å². The zero-order valence-corrected chi connectivity index (χ0v) is 8.57. The van der Waals surface area contributed by atoms with Gasteiger partial charge in [0.25, 0.3) is 0 Å². The molecule has 14 heavy (non-hydrogen) atoms. The fraction of sp³-hybridized carbons (Fsp3) is 0.900. The highest BCUT2D eigenvalue weighted by atomic mass is 16.5. The SMILES string of the molecule is CCOC(=O)CC1CCCC(N=O)C1. The Kier molecular flexibility index (Phi) is 4.56. The van der Waals surface area contributed by atoms with E-state index in [2.05, 4.69) is 5.18 Å². The van der Waals surface area contributed by atoms with Crippen molar-refractivity contribution in [3.8, 4) is 0 Å². The number of hydrogen-bond donors (Lipinski definition) is 0. The first kappa shape index (κ1) is 11.1. The van der Waals surface area contributed by atoms with Crippen molar-refractivity contribution >= 4 is 5.97 Å². The smallest absolute Gasteiger partial charge is 0.306 e. The van der Waals surface area contributed by atoms with Crippen LogP contribution >= 0.6 is 0 Å². The van der Waals surface area contributed by atoms with Crippen LogP contribution in [0.1, 0.15) is 39.0 Å². The van der Waals surface area contributed by atoms with Gasteiger partial charge in [-0.3, -0.25) is 4.79 Å². The maximum Gasteiger partial charge on any atom is 0.306 e. The van der Waals surface area contributed by atoms with Gasteiger partial charge in [-0.2, -0.15) is 4.91 Å². The zero-order chi connectivity index (χ0) is 10.4. The summed E-state index contributed by atoms with van der Waals surface area (Å²) in [7, 11) is 0. The average molecular weight is 199 g/mol. The molecule has 0 aromatic heterocycles. The van der Waals surface area contributed by atoms with Crippen molar-refractivity contribution in [1.29, 1.82) is 0 Å². The lowest BCUT2D eigenvalue weighted by atomic mass is 9.84. The van der Waals surface area contributed by atoms with Gasteiger partial charge in [0.1, 0.15) is 0 Å². The van der Waals surface area contributed by atoms with E-state index >= 15 is 0 Å². The van der Waals surface area contributed by atoms with Gasteiger partial charge in [-0.25, -0.2) is 0 Å². The van der Waals surface area contributed by atoms with Gasteiger partial charge in [-0.15, -0.1) is 0 Å². The fourth-order valence-electron chi connectivity index (χ4n) is 2.00. The molecule has 0 aromatic rings. The molecule has 0 amide bonds. The minimum absolute atomic E-state index is 0.0804. The Morgan fingerprint density at radius 1 is 1.50 bits per heavy atom. The van der Waals surface area contributed by atoms with Gasteiger partial charge in [0.05, 0.1) is 12.6 Å². The second-order valence-electron chi connectivity index (χ2n) is 3.80. The third kappa shape index (κ3) is 3.44. The number of carbonyl (C=O) groups is 1. The van der Waals surface area contributed by atoms with Crippen molar-refractivity contribution in [3.63, 3.8) is 0 Å². The number of carbonyl (C=O) groups excluding carboxylic acids is 1. The highest BCUT2D eigenvalue weighted by Crippen LogP contribution is 2.28. The topological polar surface area (TPSA) is 55.7 Å². The largest absolute Gasteiger partial charge is 0.466 e. The average Bonchev–Trinajstić information content (AvgIpc) is 2.18. The molecule has 0 bridgehead atoms. The monoisotopic (exact) mass is 199 g/mol. The van der Waals surface area contributed by atoms with E-state index in [0.29, 0.717) is 18.9 Å². The normalized spacial score (nSPS) is 26.9. The maximum absolute atomic E-state index is 11.2. The van der Waals surface area contributed by atoms with E-state index in [1.807, 2.05) is 0 Å². The molecule has 0 saturated heterocycles. The molecule has 1 fully saturated rings. The van der Waals surface area contributed by atoms with Gasteiger partial charge >= 0.3 is 5.97 Å². The van der Waals surface area contributed by atoms with Gasteiger partial charge in [0.2, 0.25) is 0 Å². The molecule has 1 saturated carbocycles. The molecule has 0 heterocycles. The van der Waals surface area contributed by atoms with Crippen LogP contribution in [0.15, 0.2) is 5.18 Å². The van der Waals surface area contributed by atoms with Crippen LogP contribution in [0, 0.1) is 10.8 Å². The summed E-state index contributed by atoms with van der Waals surface area (Å²) in [5, 5.41) is 3.05. The van der Waals surface area contributed by atoms with Crippen LogP contribution in [0.4, 0.5) is 0 Å². The first-order chi connectivity index (χ1) is 6.76. The molecule has 1 aliphatic carbocycles. The van der Waals surface area contributed by atoms with E-state index in [1.54, 1.807) is 6.92 Å². The Balaban J connectivity index is 2.29. The van der Waals surface area contributed by atoms with Crippen molar-refractivity contribution in [3.05, 3.63) is 4.91 Å². The molecule has 2 unspecified atom stereocenters. The first-order valence-electron chi connectivity index (χ1n) is 5.24. The maximum atomic E-state index is 11.2. The lowest BCUT2D eigenvalue weighted by Crippen LogP contribution is -2.21. The van der Waals surface area contributed by atoms with Gasteiger partial charge in [0.15, 0.2) is 0 Å². The lowest BCUT2D eigenvalue weighted by Gasteiger charge is -2.23. The zero-order valence-electron chi connectivity index (χ0n) is 8.57. The van der Waals surface area contributed by atoms with Crippen LogP contribution in [0.3, 0.4) is 0 Å². The van der Waals surface area contributed by atoms with Gasteiger partial charge in [-0.05, 0) is 32.1 Å². The van der Waals surface area contributed by atoms with E-state index in [0.717, 1.165) is 25.7 Å². The van der Waals surface area contributed by atoms with E-state index in [9.17, 15) is 9.70 Å². The molecule has 0 aromatic carbocycles. The second-order valence-corrected chi connectivity index (χ2v) is 3.80. The second kappa shape index (κ2) is 5.73. The number of hydrogen-bond acceptors (Lipinski definition) is 4. The van der Waals surface area contributed by atoms with Crippen LogP contribution < -0.4 is 0 Å². The lowest BCUT2D eigenvalue weighted by molar-refractivity contribution is -0.144. The van der Waals surface area contributed by atoms with Crippen LogP contribution in [0.25, 0.3) is 0 Å². The molecular weight excluding hydrogens is 182 g/mol. The molecule has 80 valence electrons. The Hall–Kier alpha value is -0.930. The van der Waals surface area contributed by atoms with Crippen molar-refractivity contribution in [2.45, 2.75) is 45.1 Å². The summed E-state index contributed by atoms with van der Waals surface area (Å²) in [5.74, 6) is 0.148. The summed E-state index contributed by atoms with van der Waals surface area (Å²) in [4.78, 5) is 21.5. The predicted molar refractivity (Wildman–Crippen MR) is 52.8 cm³/mol.